The molecule has 0 aliphatic heterocycles. The Hall–Kier alpha value is -0.870. The van der Waals surface area contributed by atoms with Crippen LogP contribution in [-0.2, 0) is 6.54 Å². The van der Waals surface area contributed by atoms with Gasteiger partial charge in [-0.3, -0.25) is 0 Å². The maximum Gasteiger partial charge on any atom is 0.120 e. The molecule has 0 saturated carbocycles. The highest BCUT2D eigenvalue weighted by Crippen LogP contribution is 2.06. The minimum atomic E-state index is 0.528. The molecule has 4 nitrogen and oxygen atoms in total. The Labute approximate surface area is 98.5 Å². The van der Waals surface area contributed by atoms with Crippen molar-refractivity contribution in [2.24, 2.45) is 5.92 Å². The first kappa shape index (κ1) is 13.2. The molecule has 92 valence electrons. The van der Waals surface area contributed by atoms with E-state index in [9.17, 15) is 0 Å². The van der Waals surface area contributed by atoms with Crippen molar-refractivity contribution < 1.29 is 0 Å². The molecule has 0 aliphatic rings. The largest absolute Gasteiger partial charge is 0.348 e. The highest BCUT2D eigenvalue weighted by Gasteiger charge is 2.11. The molecule has 0 bridgehead atoms. The van der Waals surface area contributed by atoms with Gasteiger partial charge in [0.15, 0.2) is 0 Å². The molecule has 1 aromatic rings. The summed E-state index contributed by atoms with van der Waals surface area (Å²) in [6, 6.07) is 0.528. The number of hydrogen-bond donors (Lipinski definition) is 2. The summed E-state index contributed by atoms with van der Waals surface area (Å²) in [7, 11) is 4.23. The second-order valence-corrected chi connectivity index (χ2v) is 5.01. The number of imidazole rings is 1. The number of nitrogens with one attached hydrogen (secondary N) is 2. The molecule has 1 rings (SSSR count). The molecular weight excluding hydrogens is 200 g/mol. The number of rotatable bonds is 7. The van der Waals surface area contributed by atoms with E-state index in [0.29, 0.717) is 12.0 Å². The first-order chi connectivity index (χ1) is 7.58. The van der Waals surface area contributed by atoms with E-state index < -0.39 is 0 Å². The zero-order valence-electron chi connectivity index (χ0n) is 10.8. The van der Waals surface area contributed by atoms with Crippen LogP contribution in [0.25, 0.3) is 0 Å². The van der Waals surface area contributed by atoms with Gasteiger partial charge in [-0.15, -0.1) is 0 Å². The predicted molar refractivity (Wildman–Crippen MR) is 67.2 cm³/mol. The highest BCUT2D eigenvalue weighted by molar-refractivity contribution is 4.87. The summed E-state index contributed by atoms with van der Waals surface area (Å²) in [4.78, 5) is 9.55. The number of likely N-dealkylation sites (N-methyl/N-ethyl adjacent to an activating group) is 1. The van der Waals surface area contributed by atoms with Crippen molar-refractivity contribution in [3.63, 3.8) is 0 Å². The van der Waals surface area contributed by atoms with Crippen LogP contribution in [0, 0.1) is 5.92 Å². The van der Waals surface area contributed by atoms with Crippen LogP contribution in [0.2, 0.25) is 0 Å². The SMILES string of the molecule is CC(C)CC(CN(C)C)NCc1ncc[nH]1. The maximum atomic E-state index is 4.21. The summed E-state index contributed by atoms with van der Waals surface area (Å²) >= 11 is 0. The summed E-state index contributed by atoms with van der Waals surface area (Å²) < 4.78 is 0. The fourth-order valence-electron chi connectivity index (χ4n) is 1.87. The molecule has 0 fully saturated rings. The number of aromatic amines is 1. The van der Waals surface area contributed by atoms with Gasteiger partial charge in [0.05, 0.1) is 6.54 Å². The van der Waals surface area contributed by atoms with Crippen molar-refractivity contribution in [2.45, 2.75) is 32.9 Å². The van der Waals surface area contributed by atoms with Crippen molar-refractivity contribution in [3.05, 3.63) is 18.2 Å². The number of H-pyrrole nitrogens is 1. The summed E-state index contributed by atoms with van der Waals surface area (Å²) in [5.74, 6) is 1.72. The average Bonchev–Trinajstić information content (AvgIpc) is 2.64. The third kappa shape index (κ3) is 5.28. The first-order valence-electron chi connectivity index (χ1n) is 5.94. The van der Waals surface area contributed by atoms with Crippen LogP contribution in [0.15, 0.2) is 12.4 Å². The molecule has 0 amide bonds. The minimum absolute atomic E-state index is 0.528. The van der Waals surface area contributed by atoms with E-state index in [1.807, 2.05) is 6.20 Å². The van der Waals surface area contributed by atoms with E-state index in [0.717, 1.165) is 18.9 Å². The van der Waals surface area contributed by atoms with E-state index in [1.54, 1.807) is 6.20 Å². The Morgan fingerprint density at radius 3 is 2.69 bits per heavy atom. The van der Waals surface area contributed by atoms with Gasteiger partial charge >= 0.3 is 0 Å². The molecule has 2 N–H and O–H groups in total. The quantitative estimate of drug-likeness (QED) is 0.737. The van der Waals surface area contributed by atoms with E-state index in [1.165, 1.54) is 6.42 Å². The molecule has 0 saturated heterocycles. The first-order valence-corrected chi connectivity index (χ1v) is 5.94. The van der Waals surface area contributed by atoms with E-state index >= 15 is 0 Å². The summed E-state index contributed by atoms with van der Waals surface area (Å²) in [6.07, 6.45) is 4.85. The van der Waals surface area contributed by atoms with Crippen molar-refractivity contribution >= 4 is 0 Å². The van der Waals surface area contributed by atoms with Crippen molar-refractivity contribution in [1.82, 2.24) is 20.2 Å². The Bertz CT molecular complexity index is 257. The zero-order chi connectivity index (χ0) is 12.0. The van der Waals surface area contributed by atoms with Crippen molar-refractivity contribution in [3.8, 4) is 0 Å². The van der Waals surface area contributed by atoms with Gasteiger partial charge in [-0.2, -0.15) is 0 Å². The van der Waals surface area contributed by atoms with E-state index in [4.69, 9.17) is 0 Å². The topological polar surface area (TPSA) is 44.0 Å². The third-order valence-electron chi connectivity index (χ3n) is 2.45. The van der Waals surface area contributed by atoms with Gasteiger partial charge in [0, 0.05) is 25.0 Å². The molecule has 1 aromatic heterocycles. The van der Waals surface area contributed by atoms with Crippen LogP contribution in [-0.4, -0.2) is 41.5 Å². The molecule has 0 radical (unpaired) electrons. The van der Waals surface area contributed by atoms with Gasteiger partial charge in [-0.1, -0.05) is 13.8 Å². The maximum absolute atomic E-state index is 4.21. The Morgan fingerprint density at radius 1 is 1.44 bits per heavy atom. The van der Waals surface area contributed by atoms with Gasteiger partial charge in [-0.05, 0) is 26.4 Å². The van der Waals surface area contributed by atoms with Gasteiger partial charge < -0.3 is 15.2 Å². The number of aromatic nitrogens is 2. The fourth-order valence-corrected chi connectivity index (χ4v) is 1.87. The Morgan fingerprint density at radius 2 is 2.19 bits per heavy atom. The van der Waals surface area contributed by atoms with Crippen molar-refractivity contribution in [2.75, 3.05) is 20.6 Å². The Balaban J connectivity index is 2.37. The minimum Gasteiger partial charge on any atom is -0.348 e. The van der Waals surface area contributed by atoms with Gasteiger partial charge in [0.25, 0.3) is 0 Å². The van der Waals surface area contributed by atoms with Gasteiger partial charge in [0.2, 0.25) is 0 Å². The van der Waals surface area contributed by atoms with Crippen LogP contribution >= 0.6 is 0 Å². The molecule has 0 aliphatic carbocycles. The third-order valence-corrected chi connectivity index (χ3v) is 2.45. The molecule has 16 heavy (non-hydrogen) atoms. The lowest BCUT2D eigenvalue weighted by Gasteiger charge is -2.23. The second-order valence-electron chi connectivity index (χ2n) is 5.01. The van der Waals surface area contributed by atoms with E-state index in [-0.39, 0.29) is 0 Å². The van der Waals surface area contributed by atoms with Crippen LogP contribution in [0.4, 0.5) is 0 Å². The van der Waals surface area contributed by atoms with Crippen LogP contribution in [0.1, 0.15) is 26.1 Å². The summed E-state index contributed by atoms with van der Waals surface area (Å²) in [6.45, 7) is 6.41. The highest BCUT2D eigenvalue weighted by atomic mass is 15.1. The number of hydrogen-bond acceptors (Lipinski definition) is 3. The monoisotopic (exact) mass is 224 g/mol. The molecule has 1 heterocycles. The normalized spacial score (nSPS) is 13.6. The molecule has 0 spiro atoms. The molecule has 1 unspecified atom stereocenters. The second kappa shape index (κ2) is 6.66. The van der Waals surface area contributed by atoms with Crippen LogP contribution < -0.4 is 5.32 Å². The predicted octanol–water partition coefficient (Wildman–Crippen LogP) is 1.48. The smallest absolute Gasteiger partial charge is 0.120 e. The zero-order valence-corrected chi connectivity index (χ0v) is 10.8. The molecular formula is C12H24N4. The lowest BCUT2D eigenvalue weighted by Crippen LogP contribution is -2.39. The molecule has 0 aromatic carbocycles. The fraction of sp³-hybridized carbons (Fsp3) is 0.750. The summed E-state index contributed by atoms with van der Waals surface area (Å²) in [5, 5.41) is 3.55. The van der Waals surface area contributed by atoms with Gasteiger partial charge in [-0.25, -0.2) is 4.98 Å². The average molecular weight is 224 g/mol. The van der Waals surface area contributed by atoms with Crippen LogP contribution in [0.3, 0.4) is 0 Å². The molecule has 4 heteroatoms. The molecule has 1 atom stereocenters. The lowest BCUT2D eigenvalue weighted by molar-refractivity contribution is 0.303. The van der Waals surface area contributed by atoms with Crippen LogP contribution in [0.5, 0.6) is 0 Å². The van der Waals surface area contributed by atoms with Gasteiger partial charge in [0.1, 0.15) is 5.82 Å². The van der Waals surface area contributed by atoms with Crippen molar-refractivity contribution in [1.29, 1.82) is 0 Å². The Kier molecular flexibility index (Phi) is 5.49. The number of nitrogens with zero attached hydrogens (tertiary/aromatic N) is 2. The van der Waals surface area contributed by atoms with E-state index in [2.05, 4.69) is 48.1 Å². The standard InChI is InChI=1S/C12H24N4/c1-10(2)7-11(9-16(3)4)15-8-12-13-5-6-14-12/h5-6,10-11,15H,7-9H2,1-4H3,(H,13,14). The lowest BCUT2D eigenvalue weighted by atomic mass is 10.0. The summed E-state index contributed by atoms with van der Waals surface area (Å²) in [5.41, 5.74) is 0.